The van der Waals surface area contributed by atoms with Gasteiger partial charge in [-0.15, -0.1) is 0 Å². The SMILES string of the molecule is COC(=O)[C@@H]1[C@H](CCCB2OC(C)(C)C(C)(C)O2)CC(CO)N1C(=O)OCc1ccccc1. The molecule has 1 amide bonds. The largest absolute Gasteiger partial charge is 0.467 e. The highest BCUT2D eigenvalue weighted by molar-refractivity contribution is 6.45. The van der Waals surface area contributed by atoms with E-state index < -0.39 is 24.1 Å². The standard InChI is InChI=1S/C24H36BNO7/c1-23(2)24(3,4)33-25(32-23)13-9-12-18-14-19(15-27)26(20(18)21(28)30-5)22(29)31-16-17-10-7-6-8-11-17/h6-8,10-11,18-20,27H,9,12-16H2,1-5H3/t18-,19?,20+/m1/s1. The number of aliphatic hydroxyl groups excluding tert-OH is 1. The number of nitrogens with zero attached hydrogens (tertiary/aromatic N) is 1. The molecular formula is C24H36BNO7. The van der Waals surface area contributed by atoms with Crippen LogP contribution in [0.1, 0.15) is 52.5 Å². The molecule has 33 heavy (non-hydrogen) atoms. The molecule has 2 saturated heterocycles. The quantitative estimate of drug-likeness (QED) is 0.468. The van der Waals surface area contributed by atoms with E-state index in [1.807, 2.05) is 58.0 Å². The summed E-state index contributed by atoms with van der Waals surface area (Å²) < 4.78 is 22.6. The first-order valence-corrected chi connectivity index (χ1v) is 11.6. The number of methoxy groups -OCH3 is 1. The Morgan fingerprint density at radius 3 is 2.36 bits per heavy atom. The summed E-state index contributed by atoms with van der Waals surface area (Å²) >= 11 is 0. The third kappa shape index (κ3) is 5.70. The molecule has 2 aliphatic heterocycles. The van der Waals surface area contributed by atoms with Crippen molar-refractivity contribution in [1.29, 1.82) is 0 Å². The molecule has 182 valence electrons. The van der Waals surface area contributed by atoms with Crippen molar-refractivity contribution < 1.29 is 33.5 Å². The van der Waals surface area contributed by atoms with Gasteiger partial charge in [-0.2, -0.15) is 0 Å². The predicted molar refractivity (Wildman–Crippen MR) is 123 cm³/mol. The van der Waals surface area contributed by atoms with Crippen LogP contribution in [0.4, 0.5) is 4.79 Å². The molecule has 0 aromatic heterocycles. The van der Waals surface area contributed by atoms with Crippen LogP contribution in [0.2, 0.25) is 6.32 Å². The maximum atomic E-state index is 12.9. The highest BCUT2D eigenvalue weighted by atomic mass is 16.7. The molecule has 9 heteroatoms. The van der Waals surface area contributed by atoms with E-state index in [9.17, 15) is 14.7 Å². The smallest absolute Gasteiger partial charge is 0.457 e. The Bertz CT molecular complexity index is 800. The molecule has 0 radical (unpaired) electrons. The normalized spacial score (nSPS) is 25.8. The summed E-state index contributed by atoms with van der Waals surface area (Å²) in [4.78, 5) is 27.0. The molecule has 0 bridgehead atoms. The number of carbonyl (C=O) groups excluding carboxylic acids is 2. The summed E-state index contributed by atoms with van der Waals surface area (Å²) in [6.45, 7) is 7.91. The number of benzene rings is 1. The molecule has 0 spiro atoms. The van der Waals surface area contributed by atoms with Crippen molar-refractivity contribution in [2.45, 2.75) is 83.2 Å². The van der Waals surface area contributed by atoms with Gasteiger partial charge in [0.25, 0.3) is 0 Å². The minimum atomic E-state index is -0.797. The number of aliphatic hydroxyl groups is 1. The van der Waals surface area contributed by atoms with Crippen LogP contribution in [0.25, 0.3) is 0 Å². The first-order chi connectivity index (χ1) is 15.6. The predicted octanol–water partition coefficient (Wildman–Crippen LogP) is 3.42. The summed E-state index contributed by atoms with van der Waals surface area (Å²) in [5.41, 5.74) is 0.0704. The van der Waals surface area contributed by atoms with E-state index in [4.69, 9.17) is 18.8 Å². The Morgan fingerprint density at radius 2 is 1.79 bits per heavy atom. The van der Waals surface area contributed by atoms with Crippen molar-refractivity contribution >= 4 is 19.2 Å². The van der Waals surface area contributed by atoms with Crippen LogP contribution in [0.5, 0.6) is 0 Å². The summed E-state index contributed by atoms with van der Waals surface area (Å²) in [6.07, 6.45) is 1.98. The van der Waals surface area contributed by atoms with E-state index >= 15 is 0 Å². The minimum absolute atomic E-state index is 0.0921. The Hall–Kier alpha value is -2.10. The lowest BCUT2D eigenvalue weighted by atomic mass is 9.80. The maximum Gasteiger partial charge on any atom is 0.457 e. The van der Waals surface area contributed by atoms with Crippen LogP contribution in [-0.4, -0.2) is 66.2 Å². The molecule has 8 nitrogen and oxygen atoms in total. The third-order valence-corrected chi connectivity index (χ3v) is 7.10. The van der Waals surface area contributed by atoms with Gasteiger partial charge in [-0.05, 0) is 58.3 Å². The zero-order valence-corrected chi connectivity index (χ0v) is 20.3. The molecule has 2 fully saturated rings. The fourth-order valence-corrected chi connectivity index (χ4v) is 4.60. The fourth-order valence-electron chi connectivity index (χ4n) is 4.60. The summed E-state index contributed by atoms with van der Waals surface area (Å²) in [6, 6.07) is 8.03. The Balaban J connectivity index is 1.63. The van der Waals surface area contributed by atoms with Gasteiger partial charge in [-0.1, -0.05) is 36.8 Å². The summed E-state index contributed by atoms with van der Waals surface area (Å²) in [7, 11) is 0.998. The molecule has 2 heterocycles. The van der Waals surface area contributed by atoms with Gasteiger partial charge in [0.2, 0.25) is 0 Å². The molecule has 1 unspecified atom stereocenters. The monoisotopic (exact) mass is 461 g/mol. The average molecular weight is 461 g/mol. The van der Waals surface area contributed by atoms with Gasteiger partial charge in [0.05, 0.1) is 31.0 Å². The van der Waals surface area contributed by atoms with Crippen LogP contribution in [-0.2, 0) is 30.2 Å². The Kier molecular flexibility index (Phi) is 8.08. The topological polar surface area (TPSA) is 94.5 Å². The number of rotatable bonds is 8. The van der Waals surface area contributed by atoms with Crippen molar-refractivity contribution in [2.24, 2.45) is 5.92 Å². The second-order valence-corrected chi connectivity index (χ2v) is 9.86. The first-order valence-electron chi connectivity index (χ1n) is 11.6. The van der Waals surface area contributed by atoms with Gasteiger partial charge in [-0.25, -0.2) is 9.59 Å². The van der Waals surface area contributed by atoms with E-state index in [0.717, 1.165) is 12.0 Å². The van der Waals surface area contributed by atoms with Crippen molar-refractivity contribution in [3.05, 3.63) is 35.9 Å². The number of esters is 1. The van der Waals surface area contributed by atoms with Gasteiger partial charge in [0, 0.05) is 0 Å². The number of hydrogen-bond acceptors (Lipinski definition) is 7. The number of amides is 1. The van der Waals surface area contributed by atoms with E-state index in [1.54, 1.807) is 0 Å². The van der Waals surface area contributed by atoms with Crippen LogP contribution in [0.15, 0.2) is 30.3 Å². The zero-order valence-electron chi connectivity index (χ0n) is 20.3. The van der Waals surface area contributed by atoms with Crippen molar-refractivity contribution in [3.63, 3.8) is 0 Å². The zero-order chi connectivity index (χ0) is 24.2. The fraction of sp³-hybridized carbons (Fsp3) is 0.667. The number of ether oxygens (including phenoxy) is 2. The molecular weight excluding hydrogens is 425 g/mol. The maximum absolute atomic E-state index is 12.9. The van der Waals surface area contributed by atoms with Gasteiger partial charge < -0.3 is 23.9 Å². The van der Waals surface area contributed by atoms with Gasteiger partial charge in [0.15, 0.2) is 0 Å². The summed E-state index contributed by atoms with van der Waals surface area (Å²) in [5.74, 6) is -0.649. The number of hydrogen-bond donors (Lipinski definition) is 1. The highest BCUT2D eigenvalue weighted by Gasteiger charge is 2.51. The molecule has 3 rings (SSSR count). The average Bonchev–Trinajstić information content (AvgIpc) is 3.25. The minimum Gasteiger partial charge on any atom is -0.467 e. The van der Waals surface area contributed by atoms with Crippen LogP contribution >= 0.6 is 0 Å². The van der Waals surface area contributed by atoms with Crippen molar-refractivity contribution in [2.75, 3.05) is 13.7 Å². The lowest BCUT2D eigenvalue weighted by molar-refractivity contribution is -0.147. The van der Waals surface area contributed by atoms with E-state index in [2.05, 4.69) is 0 Å². The second kappa shape index (κ2) is 10.4. The molecule has 3 atom stereocenters. The number of carbonyl (C=O) groups is 2. The van der Waals surface area contributed by atoms with Crippen molar-refractivity contribution in [3.8, 4) is 0 Å². The van der Waals surface area contributed by atoms with Crippen LogP contribution in [0, 0.1) is 5.92 Å². The van der Waals surface area contributed by atoms with E-state index in [0.29, 0.717) is 19.2 Å². The van der Waals surface area contributed by atoms with Crippen LogP contribution < -0.4 is 0 Å². The molecule has 1 N–H and O–H groups in total. The lowest BCUT2D eigenvalue weighted by Crippen LogP contribution is -2.48. The molecule has 1 aromatic carbocycles. The van der Waals surface area contributed by atoms with Gasteiger partial charge >= 0.3 is 19.2 Å². The second-order valence-electron chi connectivity index (χ2n) is 9.86. The van der Waals surface area contributed by atoms with Crippen molar-refractivity contribution in [1.82, 2.24) is 4.90 Å². The molecule has 2 aliphatic rings. The molecule has 1 aromatic rings. The van der Waals surface area contributed by atoms with Gasteiger partial charge in [-0.3, -0.25) is 4.90 Å². The highest BCUT2D eigenvalue weighted by Crippen LogP contribution is 2.39. The Labute approximate surface area is 196 Å². The van der Waals surface area contributed by atoms with Crippen LogP contribution in [0.3, 0.4) is 0 Å². The van der Waals surface area contributed by atoms with E-state index in [-0.39, 0.29) is 37.5 Å². The summed E-state index contributed by atoms with van der Waals surface area (Å²) in [5, 5.41) is 9.93. The van der Waals surface area contributed by atoms with Gasteiger partial charge in [0.1, 0.15) is 12.6 Å². The number of likely N-dealkylation sites (tertiary alicyclic amines) is 1. The van der Waals surface area contributed by atoms with E-state index in [1.165, 1.54) is 12.0 Å². The Morgan fingerprint density at radius 1 is 1.15 bits per heavy atom. The third-order valence-electron chi connectivity index (χ3n) is 7.10. The molecule has 0 saturated carbocycles. The first kappa shape index (κ1) is 25.5. The lowest BCUT2D eigenvalue weighted by Gasteiger charge is -2.32. The molecule has 0 aliphatic carbocycles.